The van der Waals surface area contributed by atoms with Gasteiger partial charge in [0.15, 0.2) is 0 Å². The Kier molecular flexibility index (Phi) is 3.11. The molecule has 0 amide bonds. The molecule has 0 saturated carbocycles. The third-order valence-electron chi connectivity index (χ3n) is 2.24. The molecular weight excluding hydrogens is 188 g/mol. The molecule has 0 spiro atoms. The molecule has 0 unspecified atom stereocenters. The van der Waals surface area contributed by atoms with Crippen molar-refractivity contribution >= 4 is 0 Å². The van der Waals surface area contributed by atoms with E-state index in [1.165, 1.54) is 0 Å². The van der Waals surface area contributed by atoms with E-state index in [4.69, 9.17) is 5.26 Å². The lowest BCUT2D eigenvalue weighted by Crippen LogP contribution is -2.26. The number of allylic oxidation sites excluding steroid dienone is 1. The van der Waals surface area contributed by atoms with Gasteiger partial charge in [-0.25, -0.2) is 0 Å². The van der Waals surface area contributed by atoms with Crippen molar-refractivity contribution in [2.24, 2.45) is 0 Å². The summed E-state index contributed by atoms with van der Waals surface area (Å²) >= 11 is 0. The molecule has 0 aromatic carbocycles. The zero-order chi connectivity index (χ0) is 11.6. The Balaban J connectivity index is 3.48. The monoisotopic (exact) mass is 202 g/mol. The van der Waals surface area contributed by atoms with Crippen molar-refractivity contribution in [1.29, 1.82) is 5.26 Å². The summed E-state index contributed by atoms with van der Waals surface area (Å²) in [4.78, 5) is 11.9. The van der Waals surface area contributed by atoms with Crippen LogP contribution >= 0.6 is 0 Å². The van der Waals surface area contributed by atoms with Gasteiger partial charge in [-0.3, -0.25) is 4.79 Å². The largest absolute Gasteiger partial charge is 0.308 e. The standard InChI is InChI=1S/C12H14N2O/c1-8(2)7-14-10(4)5-9(3)11(6-13)12(14)15/h5H,1,7H2,2-4H3. The summed E-state index contributed by atoms with van der Waals surface area (Å²) in [5, 5.41) is 8.86. The number of aryl methyl sites for hydroxylation is 2. The van der Waals surface area contributed by atoms with Gasteiger partial charge in [-0.1, -0.05) is 12.2 Å². The summed E-state index contributed by atoms with van der Waals surface area (Å²) in [6.07, 6.45) is 0. The van der Waals surface area contributed by atoms with E-state index in [0.717, 1.165) is 16.8 Å². The lowest BCUT2D eigenvalue weighted by Gasteiger charge is -2.11. The molecule has 0 N–H and O–H groups in total. The van der Waals surface area contributed by atoms with E-state index in [2.05, 4.69) is 6.58 Å². The molecule has 0 bridgehead atoms. The molecule has 0 atom stereocenters. The Morgan fingerprint density at radius 2 is 2.20 bits per heavy atom. The average molecular weight is 202 g/mol. The number of pyridine rings is 1. The second kappa shape index (κ2) is 4.14. The van der Waals surface area contributed by atoms with Crippen LogP contribution in [0, 0.1) is 25.2 Å². The second-order valence-electron chi connectivity index (χ2n) is 3.80. The summed E-state index contributed by atoms with van der Waals surface area (Å²) in [7, 11) is 0. The van der Waals surface area contributed by atoms with Gasteiger partial charge in [0.1, 0.15) is 11.6 Å². The van der Waals surface area contributed by atoms with Gasteiger partial charge in [0, 0.05) is 12.2 Å². The first-order chi connectivity index (χ1) is 6.97. The van der Waals surface area contributed by atoms with Gasteiger partial charge in [0.05, 0.1) is 0 Å². The van der Waals surface area contributed by atoms with Crippen molar-refractivity contribution in [1.82, 2.24) is 4.57 Å². The zero-order valence-corrected chi connectivity index (χ0v) is 9.29. The van der Waals surface area contributed by atoms with E-state index in [0.29, 0.717) is 6.54 Å². The highest BCUT2D eigenvalue weighted by Crippen LogP contribution is 2.06. The first-order valence-electron chi connectivity index (χ1n) is 4.73. The van der Waals surface area contributed by atoms with Crippen LogP contribution < -0.4 is 5.56 Å². The molecule has 3 heteroatoms. The highest BCUT2D eigenvalue weighted by Gasteiger charge is 2.09. The highest BCUT2D eigenvalue weighted by molar-refractivity contribution is 5.36. The van der Waals surface area contributed by atoms with Gasteiger partial charge >= 0.3 is 0 Å². The van der Waals surface area contributed by atoms with Crippen molar-refractivity contribution in [2.75, 3.05) is 0 Å². The Hall–Kier alpha value is -1.82. The molecule has 0 saturated heterocycles. The van der Waals surface area contributed by atoms with E-state index >= 15 is 0 Å². The van der Waals surface area contributed by atoms with Crippen molar-refractivity contribution in [3.8, 4) is 6.07 Å². The Morgan fingerprint density at radius 1 is 1.60 bits per heavy atom. The van der Waals surface area contributed by atoms with Crippen molar-refractivity contribution in [3.63, 3.8) is 0 Å². The molecule has 1 rings (SSSR count). The summed E-state index contributed by atoms with van der Waals surface area (Å²) < 4.78 is 1.58. The molecular formula is C12H14N2O. The zero-order valence-electron chi connectivity index (χ0n) is 9.29. The van der Waals surface area contributed by atoms with E-state index in [-0.39, 0.29) is 11.1 Å². The summed E-state index contributed by atoms with van der Waals surface area (Å²) in [6, 6.07) is 3.79. The molecule has 1 aromatic heterocycles. The summed E-state index contributed by atoms with van der Waals surface area (Å²) in [5.74, 6) is 0. The van der Waals surface area contributed by atoms with Gasteiger partial charge < -0.3 is 4.57 Å². The van der Waals surface area contributed by atoms with Gasteiger partial charge in [-0.2, -0.15) is 5.26 Å². The second-order valence-corrected chi connectivity index (χ2v) is 3.80. The summed E-state index contributed by atoms with van der Waals surface area (Å²) in [6.45, 7) is 9.73. The molecule has 15 heavy (non-hydrogen) atoms. The number of nitriles is 1. The molecule has 1 aromatic rings. The van der Waals surface area contributed by atoms with Crippen molar-refractivity contribution in [3.05, 3.63) is 45.4 Å². The molecule has 78 valence electrons. The minimum atomic E-state index is -0.224. The average Bonchev–Trinajstić information content (AvgIpc) is 2.12. The van der Waals surface area contributed by atoms with Crippen molar-refractivity contribution in [2.45, 2.75) is 27.3 Å². The third kappa shape index (κ3) is 2.16. The fourth-order valence-corrected chi connectivity index (χ4v) is 1.53. The maximum absolute atomic E-state index is 11.9. The number of hydrogen-bond acceptors (Lipinski definition) is 2. The molecule has 0 aliphatic heterocycles. The van der Waals surface area contributed by atoms with Crippen LogP contribution in [0.15, 0.2) is 23.0 Å². The normalized spacial score (nSPS) is 9.73. The SMILES string of the molecule is C=C(C)Cn1c(C)cc(C)c(C#N)c1=O. The predicted molar refractivity (Wildman–Crippen MR) is 59.7 cm³/mol. The fraction of sp³-hybridized carbons (Fsp3) is 0.333. The lowest BCUT2D eigenvalue weighted by molar-refractivity contribution is 0.715. The maximum atomic E-state index is 11.9. The topological polar surface area (TPSA) is 45.8 Å². The van der Waals surface area contributed by atoms with E-state index in [1.807, 2.05) is 26.0 Å². The summed E-state index contributed by atoms with van der Waals surface area (Å²) in [5.41, 5.74) is 2.49. The van der Waals surface area contributed by atoms with Crippen LogP contribution in [0.3, 0.4) is 0 Å². The smallest absolute Gasteiger partial charge is 0.269 e. The molecule has 0 aliphatic carbocycles. The number of nitrogens with zero attached hydrogens (tertiary/aromatic N) is 2. The molecule has 3 nitrogen and oxygen atoms in total. The van der Waals surface area contributed by atoms with Gasteiger partial charge in [0.25, 0.3) is 5.56 Å². The van der Waals surface area contributed by atoms with Crippen LogP contribution in [0.5, 0.6) is 0 Å². The van der Waals surface area contributed by atoms with Crippen molar-refractivity contribution < 1.29 is 0 Å². The van der Waals surface area contributed by atoms with E-state index < -0.39 is 0 Å². The number of hydrogen-bond donors (Lipinski definition) is 0. The minimum Gasteiger partial charge on any atom is -0.308 e. The highest BCUT2D eigenvalue weighted by atomic mass is 16.1. The van der Waals surface area contributed by atoms with Crippen LogP contribution in [-0.4, -0.2) is 4.57 Å². The Bertz CT molecular complexity index is 504. The van der Waals surface area contributed by atoms with Gasteiger partial charge in [-0.15, -0.1) is 0 Å². The fourth-order valence-electron chi connectivity index (χ4n) is 1.53. The van der Waals surface area contributed by atoms with Crippen LogP contribution in [0.4, 0.5) is 0 Å². The van der Waals surface area contributed by atoms with Crippen LogP contribution in [0.2, 0.25) is 0 Å². The predicted octanol–water partition coefficient (Wildman–Crippen LogP) is 1.91. The van der Waals surface area contributed by atoms with Crippen LogP contribution in [0.1, 0.15) is 23.7 Å². The molecule has 0 aliphatic rings. The van der Waals surface area contributed by atoms with E-state index in [1.54, 1.807) is 11.5 Å². The first-order valence-corrected chi connectivity index (χ1v) is 4.73. The first kappa shape index (κ1) is 11.3. The lowest BCUT2D eigenvalue weighted by atomic mass is 10.1. The quantitative estimate of drug-likeness (QED) is 0.688. The third-order valence-corrected chi connectivity index (χ3v) is 2.24. The number of aromatic nitrogens is 1. The van der Waals surface area contributed by atoms with Gasteiger partial charge in [-0.05, 0) is 32.4 Å². The molecule has 0 fully saturated rings. The molecule has 0 radical (unpaired) electrons. The number of rotatable bonds is 2. The van der Waals surface area contributed by atoms with E-state index in [9.17, 15) is 4.79 Å². The van der Waals surface area contributed by atoms with Gasteiger partial charge in [0.2, 0.25) is 0 Å². The maximum Gasteiger partial charge on any atom is 0.269 e. The Morgan fingerprint density at radius 3 is 2.67 bits per heavy atom. The minimum absolute atomic E-state index is 0.224. The van der Waals surface area contributed by atoms with Crippen LogP contribution in [0.25, 0.3) is 0 Å². The Labute approximate surface area is 89.3 Å². The van der Waals surface area contributed by atoms with Crippen LogP contribution in [-0.2, 0) is 6.54 Å². The molecule has 1 heterocycles.